The topological polar surface area (TPSA) is 38.1 Å². The molecule has 0 amide bonds. The van der Waals surface area contributed by atoms with Crippen LogP contribution in [0.15, 0.2) is 54.7 Å². The van der Waals surface area contributed by atoms with Crippen LogP contribution in [0.3, 0.4) is 0 Å². The molecular weight excluding hydrogens is 334 g/mol. The van der Waals surface area contributed by atoms with Crippen molar-refractivity contribution in [3.63, 3.8) is 0 Å². The molecule has 0 saturated carbocycles. The maximum Gasteiger partial charge on any atom is 0.166 e. The van der Waals surface area contributed by atoms with Gasteiger partial charge in [0.05, 0.1) is 5.52 Å². The zero-order chi connectivity index (χ0) is 18.4. The summed E-state index contributed by atoms with van der Waals surface area (Å²) >= 11 is 0. The van der Waals surface area contributed by atoms with E-state index in [2.05, 4.69) is 40.3 Å². The summed E-state index contributed by atoms with van der Waals surface area (Å²) in [6.07, 6.45) is 6.41. The molecule has 1 aromatic heterocycles. The molecule has 138 valence electrons. The number of rotatable bonds is 4. The van der Waals surface area contributed by atoms with Gasteiger partial charge in [0, 0.05) is 48.7 Å². The second kappa shape index (κ2) is 6.61. The minimum atomic E-state index is 0.149. The number of nitrogens with zero attached hydrogens (tertiary/aromatic N) is 3. The molecule has 4 nitrogen and oxygen atoms in total. The third kappa shape index (κ3) is 3.08. The van der Waals surface area contributed by atoms with E-state index in [1.165, 1.54) is 18.4 Å². The van der Waals surface area contributed by atoms with Crippen LogP contribution in [0.5, 0.6) is 0 Å². The number of aromatic nitrogens is 2. The number of benzene rings is 2. The van der Waals surface area contributed by atoms with Crippen LogP contribution in [0, 0.1) is 5.92 Å². The smallest absolute Gasteiger partial charge is 0.166 e. The summed E-state index contributed by atoms with van der Waals surface area (Å²) in [6.45, 7) is 1.01. The average Bonchev–Trinajstić information content (AvgIpc) is 3.15. The maximum absolute atomic E-state index is 13.2. The largest absolute Gasteiger partial charge is 0.294 e. The van der Waals surface area contributed by atoms with Gasteiger partial charge in [-0.2, -0.15) is 5.10 Å². The first-order valence-electron chi connectivity index (χ1n) is 9.94. The highest BCUT2D eigenvalue weighted by atomic mass is 16.1. The number of ketones is 1. The van der Waals surface area contributed by atoms with Crippen LogP contribution in [0.4, 0.5) is 0 Å². The fourth-order valence-corrected chi connectivity index (χ4v) is 5.07. The second-order valence-electron chi connectivity index (χ2n) is 8.15. The Kier molecular flexibility index (Phi) is 4.09. The van der Waals surface area contributed by atoms with Crippen molar-refractivity contribution >= 4 is 16.7 Å². The lowest BCUT2D eigenvalue weighted by Gasteiger charge is -2.38. The number of hydrogen-bond donors (Lipinski definition) is 0. The van der Waals surface area contributed by atoms with Crippen molar-refractivity contribution in [3.05, 3.63) is 65.9 Å². The van der Waals surface area contributed by atoms with Gasteiger partial charge in [-0.15, -0.1) is 0 Å². The van der Waals surface area contributed by atoms with Crippen molar-refractivity contribution in [2.75, 3.05) is 0 Å². The van der Waals surface area contributed by atoms with Gasteiger partial charge in [-0.3, -0.25) is 14.4 Å². The molecule has 2 atom stereocenters. The van der Waals surface area contributed by atoms with Gasteiger partial charge >= 0.3 is 0 Å². The van der Waals surface area contributed by atoms with E-state index in [4.69, 9.17) is 0 Å². The highest BCUT2D eigenvalue weighted by molar-refractivity contribution is 6.00. The predicted molar refractivity (Wildman–Crippen MR) is 107 cm³/mol. The molecule has 0 radical (unpaired) electrons. The van der Waals surface area contributed by atoms with Crippen molar-refractivity contribution in [3.8, 4) is 0 Å². The summed E-state index contributed by atoms with van der Waals surface area (Å²) in [7, 11) is 1.92. The number of carbonyl (C=O) groups excluding carboxylic acids is 1. The fourth-order valence-electron chi connectivity index (χ4n) is 5.07. The number of Topliss-reactive ketones (excluding diaryl/α,β-unsaturated/α-hetero) is 1. The summed E-state index contributed by atoms with van der Waals surface area (Å²) in [5, 5.41) is 5.55. The Morgan fingerprint density at radius 3 is 2.56 bits per heavy atom. The Hall–Kier alpha value is -2.46. The van der Waals surface area contributed by atoms with Crippen LogP contribution in [0.25, 0.3) is 10.9 Å². The highest BCUT2D eigenvalue weighted by Gasteiger charge is 2.42. The third-order valence-electron chi connectivity index (χ3n) is 6.37. The van der Waals surface area contributed by atoms with Gasteiger partial charge in [-0.05, 0) is 37.3 Å². The fraction of sp³-hybridized carbons (Fsp3) is 0.391. The minimum absolute atomic E-state index is 0.149. The van der Waals surface area contributed by atoms with E-state index in [1.807, 2.05) is 31.4 Å². The van der Waals surface area contributed by atoms with Gasteiger partial charge in [-0.25, -0.2) is 0 Å². The molecule has 3 heterocycles. The molecule has 0 N–H and O–H groups in total. The SMILES string of the molecule is Cn1cc2ccc(C(=O)C3CC4CCC(C3)N4Cc3ccccc3)cc2n1. The Balaban J connectivity index is 1.33. The number of fused-ring (bicyclic) bond motifs is 3. The van der Waals surface area contributed by atoms with E-state index < -0.39 is 0 Å². The van der Waals surface area contributed by atoms with E-state index in [0.717, 1.165) is 35.9 Å². The Morgan fingerprint density at radius 2 is 1.81 bits per heavy atom. The summed E-state index contributed by atoms with van der Waals surface area (Å²) in [4.78, 5) is 15.8. The summed E-state index contributed by atoms with van der Waals surface area (Å²) < 4.78 is 1.81. The van der Waals surface area contributed by atoms with Gasteiger partial charge < -0.3 is 0 Å². The zero-order valence-corrected chi connectivity index (χ0v) is 15.7. The van der Waals surface area contributed by atoms with Crippen LogP contribution in [0.2, 0.25) is 0 Å². The lowest BCUT2D eigenvalue weighted by molar-refractivity contribution is 0.0678. The van der Waals surface area contributed by atoms with Gasteiger partial charge in [-0.1, -0.05) is 42.5 Å². The minimum Gasteiger partial charge on any atom is -0.294 e. The normalized spacial score (nSPS) is 25.1. The number of piperidine rings is 1. The van der Waals surface area contributed by atoms with E-state index in [9.17, 15) is 4.79 Å². The first-order chi connectivity index (χ1) is 13.2. The Morgan fingerprint density at radius 1 is 1.07 bits per heavy atom. The number of aryl methyl sites for hydroxylation is 1. The molecule has 2 aliphatic heterocycles. The Labute approximate surface area is 159 Å². The van der Waals surface area contributed by atoms with E-state index >= 15 is 0 Å². The molecule has 27 heavy (non-hydrogen) atoms. The second-order valence-corrected chi connectivity index (χ2v) is 8.15. The van der Waals surface area contributed by atoms with Gasteiger partial charge in [0.1, 0.15) is 0 Å². The van der Waals surface area contributed by atoms with Crippen molar-refractivity contribution in [1.29, 1.82) is 0 Å². The lowest BCUT2D eigenvalue weighted by Crippen LogP contribution is -2.44. The molecule has 4 heteroatoms. The molecule has 2 fully saturated rings. The third-order valence-corrected chi connectivity index (χ3v) is 6.37. The first-order valence-corrected chi connectivity index (χ1v) is 9.94. The molecule has 0 aliphatic carbocycles. The molecule has 5 rings (SSSR count). The number of carbonyl (C=O) groups is 1. The van der Waals surface area contributed by atoms with Crippen molar-refractivity contribution in [1.82, 2.24) is 14.7 Å². The molecule has 2 unspecified atom stereocenters. The van der Waals surface area contributed by atoms with Gasteiger partial charge in [0.2, 0.25) is 0 Å². The van der Waals surface area contributed by atoms with Crippen LogP contribution >= 0.6 is 0 Å². The van der Waals surface area contributed by atoms with E-state index in [1.54, 1.807) is 4.68 Å². The molecule has 3 aromatic rings. The van der Waals surface area contributed by atoms with Crippen LogP contribution in [-0.2, 0) is 13.6 Å². The molecule has 2 saturated heterocycles. The lowest BCUT2D eigenvalue weighted by atomic mass is 9.84. The summed E-state index contributed by atoms with van der Waals surface area (Å²) in [6, 6.07) is 17.8. The van der Waals surface area contributed by atoms with Crippen LogP contribution in [-0.4, -0.2) is 32.5 Å². The first kappa shape index (κ1) is 16.7. The van der Waals surface area contributed by atoms with Gasteiger partial charge in [0.15, 0.2) is 5.78 Å². The molecule has 0 spiro atoms. The van der Waals surface area contributed by atoms with Gasteiger partial charge in [0.25, 0.3) is 0 Å². The quantitative estimate of drug-likeness (QED) is 0.655. The predicted octanol–water partition coefficient (Wildman–Crippen LogP) is 4.20. The van der Waals surface area contributed by atoms with E-state index in [0.29, 0.717) is 17.9 Å². The molecular formula is C23H25N3O. The zero-order valence-electron chi connectivity index (χ0n) is 15.7. The molecule has 2 aliphatic rings. The maximum atomic E-state index is 13.2. The van der Waals surface area contributed by atoms with Crippen LogP contribution in [0.1, 0.15) is 41.6 Å². The highest BCUT2D eigenvalue weighted by Crippen LogP contribution is 2.40. The monoisotopic (exact) mass is 359 g/mol. The number of hydrogen-bond acceptors (Lipinski definition) is 3. The summed E-state index contributed by atoms with van der Waals surface area (Å²) in [5.41, 5.74) is 3.11. The molecule has 2 bridgehead atoms. The van der Waals surface area contributed by atoms with Crippen molar-refractivity contribution in [2.24, 2.45) is 13.0 Å². The average molecular weight is 359 g/mol. The van der Waals surface area contributed by atoms with Crippen molar-refractivity contribution in [2.45, 2.75) is 44.3 Å². The van der Waals surface area contributed by atoms with Crippen LogP contribution < -0.4 is 0 Å². The molecule has 2 aromatic carbocycles. The Bertz CT molecular complexity index is 964. The standard InChI is InChI=1S/C23H25N3O/c1-25-15-18-8-7-17(13-22(18)24-25)23(27)19-11-20-9-10-21(12-19)26(20)14-16-5-3-2-4-6-16/h2-8,13,15,19-21H,9-12,14H2,1H3. The van der Waals surface area contributed by atoms with Crippen molar-refractivity contribution < 1.29 is 4.79 Å². The summed E-state index contributed by atoms with van der Waals surface area (Å²) in [5.74, 6) is 0.453. The van der Waals surface area contributed by atoms with E-state index in [-0.39, 0.29) is 5.92 Å².